The summed E-state index contributed by atoms with van der Waals surface area (Å²) >= 11 is 6.45. The van der Waals surface area contributed by atoms with Gasteiger partial charge >= 0.3 is 0 Å². The molecule has 2 aliphatic heterocycles. The van der Waals surface area contributed by atoms with Crippen molar-refractivity contribution in [1.29, 1.82) is 0 Å². The monoisotopic (exact) mass is 419 g/mol. The fourth-order valence-corrected chi connectivity index (χ4v) is 3.85. The van der Waals surface area contributed by atoms with Crippen LogP contribution in [0.2, 0.25) is 5.02 Å². The van der Waals surface area contributed by atoms with E-state index in [2.05, 4.69) is 25.0 Å². The van der Waals surface area contributed by atoms with Gasteiger partial charge in [0.15, 0.2) is 17.3 Å². The lowest BCUT2D eigenvalue weighted by molar-refractivity contribution is -0.124. The highest BCUT2D eigenvalue weighted by atomic mass is 35.5. The number of benzene rings is 1. The van der Waals surface area contributed by atoms with E-state index in [0.717, 1.165) is 55.6 Å². The zero-order valence-electron chi connectivity index (χ0n) is 16.9. The molecule has 9 heteroatoms. The molecule has 1 N–H and O–H groups in total. The normalized spacial score (nSPS) is 17.1. The van der Waals surface area contributed by atoms with E-state index >= 15 is 0 Å². The number of hydrogen-bond donors (Lipinski definition) is 1. The number of hydrogen-bond acceptors (Lipinski definition) is 6. The van der Waals surface area contributed by atoms with Gasteiger partial charge in [0.2, 0.25) is 12.7 Å². The number of halogens is 1. The van der Waals surface area contributed by atoms with Crippen LogP contribution in [0.4, 0.5) is 0 Å². The van der Waals surface area contributed by atoms with E-state index in [1.807, 2.05) is 32.9 Å². The van der Waals surface area contributed by atoms with Gasteiger partial charge in [-0.2, -0.15) is 0 Å². The maximum absolute atomic E-state index is 12.0. The first-order valence-electron chi connectivity index (χ1n) is 9.95. The van der Waals surface area contributed by atoms with Crippen molar-refractivity contribution in [3.8, 4) is 11.5 Å². The van der Waals surface area contributed by atoms with Crippen LogP contribution in [-0.4, -0.2) is 45.5 Å². The summed E-state index contributed by atoms with van der Waals surface area (Å²) in [7, 11) is 0. The van der Waals surface area contributed by atoms with E-state index in [-0.39, 0.29) is 24.7 Å². The molecule has 1 aromatic carbocycles. The van der Waals surface area contributed by atoms with Gasteiger partial charge in [0, 0.05) is 49.6 Å². The number of carbonyl (C=O) groups excluding carboxylic acids is 1. The lowest BCUT2D eigenvalue weighted by Crippen LogP contribution is -2.32. The number of fused-ring (bicyclic) bond motifs is 2. The minimum atomic E-state index is -0.180. The van der Waals surface area contributed by atoms with Gasteiger partial charge in [-0.3, -0.25) is 9.69 Å². The summed E-state index contributed by atoms with van der Waals surface area (Å²) in [6.45, 7) is 9.14. The van der Waals surface area contributed by atoms with Crippen molar-refractivity contribution < 1.29 is 14.3 Å². The second-order valence-corrected chi connectivity index (χ2v) is 8.24. The standard InChI is InChI=1S/C20H26ClN5O3/c1-12(2)20(27)22-13(3)19-24-23-18-4-5-25(6-7-26(18)19)10-14-8-16-17(9-15(14)21)29-11-28-16/h8-9,12-13H,4-7,10-11H2,1-3H3,(H,22,27). The van der Waals surface area contributed by atoms with E-state index in [9.17, 15) is 4.79 Å². The summed E-state index contributed by atoms with van der Waals surface area (Å²) in [5, 5.41) is 12.4. The third kappa shape index (κ3) is 4.18. The van der Waals surface area contributed by atoms with E-state index in [1.54, 1.807) is 0 Å². The molecule has 0 aliphatic carbocycles. The molecule has 0 bridgehead atoms. The van der Waals surface area contributed by atoms with Gasteiger partial charge in [0.1, 0.15) is 5.82 Å². The molecule has 0 fully saturated rings. The van der Waals surface area contributed by atoms with Gasteiger partial charge in [-0.1, -0.05) is 25.4 Å². The Labute approximate surface area is 175 Å². The first kappa shape index (κ1) is 20.0. The van der Waals surface area contributed by atoms with Gasteiger partial charge in [-0.05, 0) is 18.6 Å². The van der Waals surface area contributed by atoms with Gasteiger partial charge in [-0.25, -0.2) is 0 Å². The molecule has 2 aromatic rings. The molecule has 1 unspecified atom stereocenters. The molecular formula is C20H26ClN5O3. The lowest BCUT2D eigenvalue weighted by atomic mass is 10.2. The summed E-state index contributed by atoms with van der Waals surface area (Å²) in [5.41, 5.74) is 1.02. The average molecular weight is 420 g/mol. The third-order valence-corrected chi connectivity index (χ3v) is 5.71. The van der Waals surface area contributed by atoms with Crippen molar-refractivity contribution in [3.63, 3.8) is 0 Å². The van der Waals surface area contributed by atoms with Crippen LogP contribution in [0.3, 0.4) is 0 Å². The van der Waals surface area contributed by atoms with Crippen LogP contribution in [-0.2, 0) is 24.3 Å². The van der Waals surface area contributed by atoms with E-state index in [1.165, 1.54) is 0 Å². The first-order valence-corrected chi connectivity index (χ1v) is 10.3. The zero-order valence-corrected chi connectivity index (χ0v) is 17.7. The van der Waals surface area contributed by atoms with Gasteiger partial charge in [0.25, 0.3) is 0 Å². The summed E-state index contributed by atoms with van der Waals surface area (Å²) in [6, 6.07) is 3.61. The average Bonchev–Trinajstić information content (AvgIpc) is 3.25. The van der Waals surface area contributed by atoms with Crippen LogP contribution in [0.25, 0.3) is 0 Å². The van der Waals surface area contributed by atoms with Gasteiger partial charge < -0.3 is 19.4 Å². The summed E-state index contributed by atoms with van der Waals surface area (Å²) in [5.74, 6) is 3.15. The van der Waals surface area contributed by atoms with Crippen molar-refractivity contribution in [2.75, 3.05) is 19.9 Å². The highest BCUT2D eigenvalue weighted by molar-refractivity contribution is 6.31. The molecule has 8 nitrogen and oxygen atoms in total. The van der Waals surface area contributed by atoms with Crippen LogP contribution in [0.1, 0.15) is 44.0 Å². The maximum atomic E-state index is 12.0. The molecule has 2 aliphatic rings. The molecule has 1 amide bonds. The van der Waals surface area contributed by atoms with Gasteiger partial charge in [0.05, 0.1) is 6.04 Å². The minimum absolute atomic E-state index is 0.0162. The number of rotatable bonds is 5. The van der Waals surface area contributed by atoms with Crippen LogP contribution in [0, 0.1) is 5.92 Å². The van der Waals surface area contributed by atoms with E-state index in [4.69, 9.17) is 21.1 Å². The van der Waals surface area contributed by atoms with Crippen molar-refractivity contribution in [1.82, 2.24) is 25.0 Å². The minimum Gasteiger partial charge on any atom is -0.454 e. The molecule has 0 saturated heterocycles. The molecule has 156 valence electrons. The third-order valence-electron chi connectivity index (χ3n) is 5.35. The second-order valence-electron chi connectivity index (χ2n) is 7.83. The summed E-state index contributed by atoms with van der Waals surface area (Å²) in [4.78, 5) is 14.4. The quantitative estimate of drug-likeness (QED) is 0.802. The van der Waals surface area contributed by atoms with Crippen molar-refractivity contribution in [2.45, 2.75) is 46.3 Å². The Morgan fingerprint density at radius 3 is 2.69 bits per heavy atom. The number of amides is 1. The Hall–Kier alpha value is -2.32. The molecule has 0 saturated carbocycles. The number of aromatic nitrogens is 3. The second kappa shape index (κ2) is 8.20. The van der Waals surface area contributed by atoms with Crippen LogP contribution >= 0.6 is 11.6 Å². The SMILES string of the molecule is CC(C)C(=O)NC(C)c1nnc2n1CCN(Cc1cc3c(cc1Cl)OCO3)CC2. The fraction of sp³-hybridized carbons (Fsp3) is 0.550. The van der Waals surface area contributed by atoms with Crippen LogP contribution in [0.15, 0.2) is 12.1 Å². The Kier molecular flexibility index (Phi) is 5.65. The Morgan fingerprint density at radius 1 is 1.17 bits per heavy atom. The fourth-order valence-electron chi connectivity index (χ4n) is 3.63. The predicted octanol–water partition coefficient (Wildman–Crippen LogP) is 2.55. The van der Waals surface area contributed by atoms with Gasteiger partial charge in [-0.15, -0.1) is 10.2 Å². The van der Waals surface area contributed by atoms with Crippen molar-refractivity contribution >= 4 is 17.5 Å². The number of carbonyl (C=O) groups is 1. The number of ether oxygens (including phenoxy) is 2. The predicted molar refractivity (Wildman–Crippen MR) is 108 cm³/mol. The molecular weight excluding hydrogens is 394 g/mol. The molecule has 3 heterocycles. The Bertz CT molecular complexity index is 914. The Balaban J connectivity index is 1.44. The molecule has 4 rings (SSSR count). The maximum Gasteiger partial charge on any atom is 0.231 e. The lowest BCUT2D eigenvalue weighted by Gasteiger charge is -2.21. The smallest absolute Gasteiger partial charge is 0.231 e. The topological polar surface area (TPSA) is 81.5 Å². The molecule has 1 aromatic heterocycles. The number of nitrogens with one attached hydrogen (secondary N) is 1. The molecule has 1 atom stereocenters. The van der Waals surface area contributed by atoms with Crippen LogP contribution in [0.5, 0.6) is 11.5 Å². The number of nitrogens with zero attached hydrogens (tertiary/aromatic N) is 4. The Morgan fingerprint density at radius 2 is 1.93 bits per heavy atom. The highest BCUT2D eigenvalue weighted by Gasteiger charge is 2.24. The van der Waals surface area contributed by atoms with Crippen molar-refractivity contribution in [3.05, 3.63) is 34.4 Å². The zero-order chi connectivity index (χ0) is 20.5. The van der Waals surface area contributed by atoms with E-state index in [0.29, 0.717) is 10.8 Å². The summed E-state index contributed by atoms with van der Waals surface area (Å²) < 4.78 is 13.0. The van der Waals surface area contributed by atoms with Crippen molar-refractivity contribution in [2.24, 2.45) is 5.92 Å². The summed E-state index contributed by atoms with van der Waals surface area (Å²) in [6.07, 6.45) is 0.792. The largest absolute Gasteiger partial charge is 0.454 e. The molecule has 0 spiro atoms. The highest BCUT2D eigenvalue weighted by Crippen LogP contribution is 2.37. The van der Waals surface area contributed by atoms with E-state index < -0.39 is 0 Å². The first-order chi connectivity index (χ1) is 13.9. The molecule has 29 heavy (non-hydrogen) atoms. The molecule has 0 radical (unpaired) electrons. The van der Waals surface area contributed by atoms with Crippen LogP contribution < -0.4 is 14.8 Å².